The molecule has 0 aliphatic heterocycles. The van der Waals surface area contributed by atoms with E-state index in [0.29, 0.717) is 0 Å². The van der Waals surface area contributed by atoms with Gasteiger partial charge in [-0.2, -0.15) is 5.10 Å². The number of nitrogens with one attached hydrogen (secondary N) is 1. The zero-order valence-electron chi connectivity index (χ0n) is 12.5. The van der Waals surface area contributed by atoms with Crippen LogP contribution in [0, 0.1) is 0 Å². The summed E-state index contributed by atoms with van der Waals surface area (Å²) in [4.78, 5) is 27.3. The van der Waals surface area contributed by atoms with Crippen LogP contribution in [0.4, 0.5) is 4.39 Å². The molecule has 1 atom stereocenters. The molecule has 1 aromatic heterocycles. The molecule has 0 saturated heterocycles. The summed E-state index contributed by atoms with van der Waals surface area (Å²) in [6.45, 7) is 6.55. The van der Waals surface area contributed by atoms with Gasteiger partial charge in [0.15, 0.2) is 6.30 Å². The van der Waals surface area contributed by atoms with Gasteiger partial charge in [0.1, 0.15) is 11.5 Å². The maximum atomic E-state index is 12.9. The Labute approximate surface area is 122 Å². The molecule has 0 saturated carbocycles. The average Bonchev–Trinajstić information content (AvgIpc) is 2.38. The molecule has 1 rings (SSSR count). The summed E-state index contributed by atoms with van der Waals surface area (Å²) in [5, 5.41) is 6.44. The first-order valence-electron chi connectivity index (χ1n) is 6.61. The second-order valence-corrected chi connectivity index (χ2v) is 4.64. The largest absolute Gasteiger partial charge is 0.305 e. The normalized spacial score (nSPS) is 13.7. The van der Waals surface area contributed by atoms with Gasteiger partial charge in [-0.1, -0.05) is 6.08 Å². The fraction of sp³-hybridized carbons (Fsp3) is 0.429. The maximum absolute atomic E-state index is 12.9. The van der Waals surface area contributed by atoms with E-state index in [1.54, 1.807) is 26.8 Å². The number of aromatic nitrogens is 2. The number of nitrogens with zero attached hydrogens (tertiary/aromatic N) is 3. The number of carbonyl (C=O) groups is 1. The van der Waals surface area contributed by atoms with Crippen molar-refractivity contribution in [2.75, 3.05) is 0 Å². The predicted molar refractivity (Wildman–Crippen MR) is 79.2 cm³/mol. The number of halogens is 1. The van der Waals surface area contributed by atoms with Crippen molar-refractivity contribution in [3.63, 3.8) is 0 Å². The Morgan fingerprint density at radius 1 is 1.43 bits per heavy atom. The molecule has 21 heavy (non-hydrogen) atoms. The Morgan fingerprint density at radius 2 is 2.10 bits per heavy atom. The number of alkyl halides is 1. The summed E-state index contributed by atoms with van der Waals surface area (Å²) >= 11 is 0. The molecule has 0 bridgehead atoms. The molecule has 0 aromatic carbocycles. The average molecular weight is 294 g/mol. The van der Waals surface area contributed by atoms with Gasteiger partial charge in [-0.05, 0) is 39.8 Å². The number of amides is 1. The minimum atomic E-state index is -1.44. The summed E-state index contributed by atoms with van der Waals surface area (Å²) in [5.41, 5.74) is -0.228. The van der Waals surface area contributed by atoms with Crippen molar-refractivity contribution in [3.05, 3.63) is 40.3 Å². The van der Waals surface area contributed by atoms with Crippen LogP contribution in [0.1, 0.15) is 44.2 Å². The Morgan fingerprint density at radius 3 is 2.62 bits per heavy atom. The molecule has 6 nitrogen and oxygen atoms in total. The van der Waals surface area contributed by atoms with Crippen molar-refractivity contribution in [1.29, 1.82) is 0 Å². The van der Waals surface area contributed by atoms with E-state index >= 15 is 0 Å². The van der Waals surface area contributed by atoms with Crippen LogP contribution in [0.2, 0.25) is 0 Å². The molecule has 1 N–H and O–H groups in total. The molecule has 0 aliphatic carbocycles. The number of rotatable bonds is 4. The Bertz CT molecular complexity index is 618. The van der Waals surface area contributed by atoms with E-state index in [1.165, 1.54) is 29.8 Å². The SMILES string of the molecule is C/C=C\C(=NC(C)F)NC(=O)c1ccc(=O)n(C(C)C)n1. The molecule has 0 spiro atoms. The van der Waals surface area contributed by atoms with Crippen LogP contribution in [0.3, 0.4) is 0 Å². The smallest absolute Gasteiger partial charge is 0.277 e. The monoisotopic (exact) mass is 294 g/mol. The number of aliphatic imine (C=N–C) groups is 1. The molecule has 1 heterocycles. The zero-order valence-corrected chi connectivity index (χ0v) is 12.5. The highest BCUT2D eigenvalue weighted by Crippen LogP contribution is 1.99. The summed E-state index contributed by atoms with van der Waals surface area (Å²) in [5.74, 6) is -0.455. The Hall–Kier alpha value is -2.31. The Kier molecular flexibility index (Phi) is 5.95. The molecule has 1 unspecified atom stereocenters. The first kappa shape index (κ1) is 16.7. The Balaban J connectivity index is 3.03. The standard InChI is InChI=1S/C14H19FN4O2/c1-5-6-12(16-10(4)15)17-14(21)11-7-8-13(20)19(18-11)9(2)3/h5-10H,1-4H3,(H,16,17,21)/b6-5-. The summed E-state index contributed by atoms with van der Waals surface area (Å²) in [6, 6.07) is 2.43. The molecule has 1 amide bonds. The van der Waals surface area contributed by atoms with Crippen LogP contribution in [0.25, 0.3) is 0 Å². The van der Waals surface area contributed by atoms with E-state index in [-0.39, 0.29) is 23.1 Å². The van der Waals surface area contributed by atoms with Crippen LogP contribution >= 0.6 is 0 Å². The molecule has 1 aromatic rings. The quantitative estimate of drug-likeness (QED) is 0.523. The fourth-order valence-electron chi connectivity index (χ4n) is 1.56. The van der Waals surface area contributed by atoms with Gasteiger partial charge in [-0.3, -0.25) is 9.59 Å². The molecular weight excluding hydrogens is 275 g/mol. The lowest BCUT2D eigenvalue weighted by Crippen LogP contribution is -2.33. The number of carbonyl (C=O) groups excluding carboxylic acids is 1. The van der Waals surface area contributed by atoms with Crippen molar-refractivity contribution >= 4 is 11.7 Å². The molecular formula is C14H19FN4O2. The second kappa shape index (κ2) is 7.47. The number of amidine groups is 1. The van der Waals surface area contributed by atoms with Crippen molar-refractivity contribution in [3.8, 4) is 0 Å². The van der Waals surface area contributed by atoms with E-state index in [1.807, 2.05) is 0 Å². The van der Waals surface area contributed by atoms with E-state index in [9.17, 15) is 14.0 Å². The first-order chi connectivity index (χ1) is 9.85. The second-order valence-electron chi connectivity index (χ2n) is 4.64. The fourth-order valence-corrected chi connectivity index (χ4v) is 1.56. The van der Waals surface area contributed by atoms with Gasteiger partial charge in [0.2, 0.25) is 0 Å². The van der Waals surface area contributed by atoms with Crippen LogP contribution in [-0.2, 0) is 0 Å². The van der Waals surface area contributed by atoms with Crippen LogP contribution in [0.15, 0.2) is 34.1 Å². The minimum Gasteiger partial charge on any atom is -0.305 e. The minimum absolute atomic E-state index is 0.0621. The highest BCUT2D eigenvalue weighted by molar-refractivity contribution is 6.09. The third-order valence-electron chi connectivity index (χ3n) is 2.43. The van der Waals surface area contributed by atoms with Crippen molar-refractivity contribution < 1.29 is 9.18 Å². The van der Waals surface area contributed by atoms with Crippen molar-refractivity contribution in [2.24, 2.45) is 4.99 Å². The lowest BCUT2D eigenvalue weighted by atomic mass is 10.3. The first-order valence-corrected chi connectivity index (χ1v) is 6.61. The van der Waals surface area contributed by atoms with Gasteiger partial charge < -0.3 is 5.32 Å². The van der Waals surface area contributed by atoms with Gasteiger partial charge in [0.05, 0.1) is 6.04 Å². The van der Waals surface area contributed by atoms with E-state index in [0.717, 1.165) is 0 Å². The highest BCUT2D eigenvalue weighted by Gasteiger charge is 2.12. The van der Waals surface area contributed by atoms with Crippen LogP contribution < -0.4 is 10.9 Å². The van der Waals surface area contributed by atoms with E-state index < -0.39 is 12.2 Å². The van der Waals surface area contributed by atoms with Gasteiger partial charge in [0.25, 0.3) is 11.5 Å². The number of hydrogen-bond acceptors (Lipinski definition) is 4. The summed E-state index contributed by atoms with van der Waals surface area (Å²) < 4.78 is 14.1. The third kappa shape index (κ3) is 4.94. The lowest BCUT2D eigenvalue weighted by molar-refractivity contribution is 0.0969. The zero-order chi connectivity index (χ0) is 16.0. The summed E-state index contributed by atoms with van der Waals surface area (Å²) in [6.07, 6.45) is 1.67. The highest BCUT2D eigenvalue weighted by atomic mass is 19.1. The molecule has 0 aliphatic rings. The maximum Gasteiger partial charge on any atom is 0.277 e. The van der Waals surface area contributed by atoms with Crippen molar-refractivity contribution in [2.45, 2.75) is 40.0 Å². The summed E-state index contributed by atoms with van der Waals surface area (Å²) in [7, 11) is 0. The number of hydrogen-bond donors (Lipinski definition) is 1. The predicted octanol–water partition coefficient (Wildman–Crippen LogP) is 1.84. The molecule has 7 heteroatoms. The topological polar surface area (TPSA) is 76.3 Å². The molecule has 0 fully saturated rings. The molecule has 0 radical (unpaired) electrons. The van der Waals surface area contributed by atoms with Crippen molar-refractivity contribution in [1.82, 2.24) is 15.1 Å². The van der Waals surface area contributed by atoms with Crippen LogP contribution in [0.5, 0.6) is 0 Å². The molecule has 114 valence electrons. The van der Waals surface area contributed by atoms with E-state index in [4.69, 9.17) is 0 Å². The van der Waals surface area contributed by atoms with E-state index in [2.05, 4.69) is 15.4 Å². The van der Waals surface area contributed by atoms with Gasteiger partial charge in [0, 0.05) is 6.07 Å². The number of allylic oxidation sites excluding steroid dienone is 1. The van der Waals surface area contributed by atoms with Crippen LogP contribution in [-0.4, -0.2) is 27.8 Å². The third-order valence-corrected chi connectivity index (χ3v) is 2.43. The lowest BCUT2D eigenvalue weighted by Gasteiger charge is -2.10. The van der Waals surface area contributed by atoms with Gasteiger partial charge >= 0.3 is 0 Å². The van der Waals surface area contributed by atoms with Gasteiger partial charge in [-0.25, -0.2) is 14.1 Å². The van der Waals surface area contributed by atoms with Gasteiger partial charge in [-0.15, -0.1) is 0 Å².